The Hall–Kier alpha value is -2.90. The Morgan fingerprint density at radius 3 is 2.65 bits per heavy atom. The lowest BCUT2D eigenvalue weighted by atomic mass is 10.1. The number of hydrogen-bond donors (Lipinski definition) is 1. The van der Waals surface area contributed by atoms with E-state index < -0.39 is 11.7 Å². The van der Waals surface area contributed by atoms with Gasteiger partial charge in [0.25, 0.3) is 0 Å². The molecule has 140 valence electrons. The van der Waals surface area contributed by atoms with Crippen LogP contribution in [0.2, 0.25) is 0 Å². The molecule has 0 fully saturated rings. The van der Waals surface area contributed by atoms with Crippen molar-refractivity contribution >= 4 is 12.0 Å². The fourth-order valence-electron chi connectivity index (χ4n) is 2.22. The van der Waals surface area contributed by atoms with Crippen molar-refractivity contribution < 1.29 is 14.3 Å². The molecule has 1 aromatic carbocycles. The van der Waals surface area contributed by atoms with Crippen molar-refractivity contribution in [3.63, 3.8) is 0 Å². The largest absolute Gasteiger partial charge is 0.444 e. The minimum absolute atomic E-state index is 0.0619. The third kappa shape index (κ3) is 6.54. The smallest absolute Gasteiger partial charge is 0.410 e. The van der Waals surface area contributed by atoms with Crippen molar-refractivity contribution in [1.82, 2.24) is 25.0 Å². The fourth-order valence-corrected chi connectivity index (χ4v) is 2.22. The summed E-state index contributed by atoms with van der Waals surface area (Å²) in [6.45, 7) is 6.28. The topological polar surface area (TPSA) is 89.4 Å². The number of nitrogens with one attached hydrogen (secondary N) is 1. The monoisotopic (exact) mass is 359 g/mol. The molecule has 8 nitrogen and oxygen atoms in total. The highest BCUT2D eigenvalue weighted by Gasteiger charge is 2.20. The van der Waals surface area contributed by atoms with Gasteiger partial charge in [0.2, 0.25) is 5.91 Å². The van der Waals surface area contributed by atoms with Crippen LogP contribution in [-0.2, 0) is 22.6 Å². The average molecular weight is 359 g/mol. The molecule has 1 aromatic heterocycles. The molecule has 0 spiro atoms. The Labute approximate surface area is 153 Å². The first-order valence-electron chi connectivity index (χ1n) is 8.34. The minimum Gasteiger partial charge on any atom is -0.444 e. The van der Waals surface area contributed by atoms with Crippen LogP contribution in [0.3, 0.4) is 0 Å². The van der Waals surface area contributed by atoms with Crippen LogP contribution in [-0.4, -0.2) is 50.9 Å². The van der Waals surface area contributed by atoms with Gasteiger partial charge in [0.15, 0.2) is 0 Å². The lowest BCUT2D eigenvalue weighted by Crippen LogP contribution is -2.40. The molecule has 26 heavy (non-hydrogen) atoms. The number of aromatic nitrogens is 3. The lowest BCUT2D eigenvalue weighted by Gasteiger charge is -2.24. The highest BCUT2D eigenvalue weighted by atomic mass is 16.6. The SMILES string of the molecule is CN(CC(=O)NCc1cccc(Cn2cncn2)c1)C(=O)OC(C)(C)C. The molecule has 8 heteroatoms. The summed E-state index contributed by atoms with van der Waals surface area (Å²) in [6.07, 6.45) is 2.62. The van der Waals surface area contributed by atoms with Gasteiger partial charge in [-0.25, -0.2) is 14.5 Å². The van der Waals surface area contributed by atoms with Gasteiger partial charge in [-0.2, -0.15) is 5.10 Å². The van der Waals surface area contributed by atoms with Gasteiger partial charge in [-0.15, -0.1) is 0 Å². The maximum absolute atomic E-state index is 12.1. The predicted octanol–water partition coefficient (Wildman–Crippen LogP) is 1.81. The van der Waals surface area contributed by atoms with Gasteiger partial charge in [-0.3, -0.25) is 4.79 Å². The summed E-state index contributed by atoms with van der Waals surface area (Å²) in [5.41, 5.74) is 1.44. The third-order valence-electron chi connectivity index (χ3n) is 3.38. The number of hydrogen-bond acceptors (Lipinski definition) is 5. The van der Waals surface area contributed by atoms with Crippen molar-refractivity contribution in [3.05, 3.63) is 48.0 Å². The maximum Gasteiger partial charge on any atom is 0.410 e. The van der Waals surface area contributed by atoms with Gasteiger partial charge < -0.3 is 15.0 Å². The molecule has 0 atom stereocenters. The van der Waals surface area contributed by atoms with Gasteiger partial charge in [0.05, 0.1) is 6.54 Å². The zero-order valence-electron chi connectivity index (χ0n) is 15.6. The zero-order valence-corrected chi connectivity index (χ0v) is 15.6. The van der Waals surface area contributed by atoms with Crippen LogP contribution < -0.4 is 5.32 Å². The number of carbonyl (C=O) groups excluding carboxylic acids is 2. The Balaban J connectivity index is 1.82. The first-order chi connectivity index (χ1) is 12.2. The predicted molar refractivity (Wildman–Crippen MR) is 96.3 cm³/mol. The van der Waals surface area contributed by atoms with E-state index in [0.29, 0.717) is 13.1 Å². The van der Waals surface area contributed by atoms with Crippen LogP contribution in [0.1, 0.15) is 31.9 Å². The molecule has 0 aliphatic heterocycles. The van der Waals surface area contributed by atoms with E-state index in [1.54, 1.807) is 31.8 Å². The van der Waals surface area contributed by atoms with Crippen molar-refractivity contribution in [1.29, 1.82) is 0 Å². The second kappa shape index (κ2) is 8.46. The minimum atomic E-state index is -0.591. The molecular formula is C18H25N5O3. The third-order valence-corrected chi connectivity index (χ3v) is 3.38. The molecule has 0 aliphatic carbocycles. The van der Waals surface area contributed by atoms with Crippen LogP contribution in [0.25, 0.3) is 0 Å². The van der Waals surface area contributed by atoms with Crippen molar-refractivity contribution in [2.75, 3.05) is 13.6 Å². The summed E-state index contributed by atoms with van der Waals surface area (Å²) in [5, 5.41) is 6.89. The van der Waals surface area contributed by atoms with E-state index in [2.05, 4.69) is 15.4 Å². The average Bonchev–Trinajstić information content (AvgIpc) is 3.04. The molecule has 0 saturated heterocycles. The van der Waals surface area contributed by atoms with Crippen LogP contribution in [0, 0.1) is 0 Å². The fraction of sp³-hybridized carbons (Fsp3) is 0.444. The first kappa shape index (κ1) is 19.4. The van der Waals surface area contributed by atoms with Gasteiger partial charge in [0.1, 0.15) is 24.8 Å². The summed E-state index contributed by atoms with van der Waals surface area (Å²) < 4.78 is 6.95. The second-order valence-electron chi connectivity index (χ2n) is 7.03. The zero-order chi connectivity index (χ0) is 19.2. The Kier molecular flexibility index (Phi) is 6.32. The number of amides is 2. The molecule has 0 saturated carbocycles. The van der Waals surface area contributed by atoms with E-state index in [4.69, 9.17) is 4.74 Å². The maximum atomic E-state index is 12.1. The Morgan fingerprint density at radius 2 is 2.00 bits per heavy atom. The van der Waals surface area contributed by atoms with Crippen LogP contribution in [0.5, 0.6) is 0 Å². The number of likely N-dealkylation sites (N-methyl/N-ethyl adjacent to an activating group) is 1. The van der Waals surface area contributed by atoms with Gasteiger partial charge in [-0.05, 0) is 31.9 Å². The van der Waals surface area contributed by atoms with Crippen LogP contribution in [0.4, 0.5) is 4.79 Å². The van der Waals surface area contributed by atoms with E-state index in [9.17, 15) is 9.59 Å². The molecule has 2 rings (SSSR count). The van der Waals surface area contributed by atoms with E-state index in [0.717, 1.165) is 11.1 Å². The molecule has 0 bridgehead atoms. The van der Waals surface area contributed by atoms with Crippen molar-refractivity contribution in [3.8, 4) is 0 Å². The van der Waals surface area contributed by atoms with Crippen LogP contribution in [0.15, 0.2) is 36.9 Å². The van der Waals surface area contributed by atoms with Gasteiger partial charge >= 0.3 is 6.09 Å². The molecule has 2 amide bonds. The molecule has 2 aromatic rings. The number of ether oxygens (including phenoxy) is 1. The normalized spacial score (nSPS) is 11.1. The van der Waals surface area contributed by atoms with Gasteiger partial charge in [0, 0.05) is 13.6 Å². The lowest BCUT2D eigenvalue weighted by molar-refractivity contribution is -0.122. The number of nitrogens with zero attached hydrogens (tertiary/aromatic N) is 4. The number of benzene rings is 1. The molecule has 1 heterocycles. The molecular weight excluding hydrogens is 334 g/mol. The number of rotatable bonds is 6. The Morgan fingerprint density at radius 1 is 1.27 bits per heavy atom. The molecule has 0 radical (unpaired) electrons. The molecule has 0 unspecified atom stereocenters. The summed E-state index contributed by atoms with van der Waals surface area (Å²) in [6, 6.07) is 7.85. The summed E-state index contributed by atoms with van der Waals surface area (Å²) in [4.78, 5) is 29.1. The Bertz CT molecular complexity index is 738. The second-order valence-corrected chi connectivity index (χ2v) is 7.03. The number of carbonyl (C=O) groups is 2. The first-order valence-corrected chi connectivity index (χ1v) is 8.34. The summed E-state index contributed by atoms with van der Waals surface area (Å²) >= 11 is 0. The van der Waals surface area contributed by atoms with E-state index in [1.165, 1.54) is 18.3 Å². The summed E-state index contributed by atoms with van der Waals surface area (Å²) in [5.74, 6) is -0.250. The molecule has 0 aliphatic rings. The quantitative estimate of drug-likeness (QED) is 0.850. The van der Waals surface area contributed by atoms with Crippen molar-refractivity contribution in [2.24, 2.45) is 0 Å². The molecule has 1 N–H and O–H groups in total. The van der Waals surface area contributed by atoms with Gasteiger partial charge in [-0.1, -0.05) is 24.3 Å². The highest BCUT2D eigenvalue weighted by Crippen LogP contribution is 2.09. The highest BCUT2D eigenvalue weighted by molar-refractivity contribution is 5.82. The standard InChI is InChI=1S/C18H25N5O3/c1-18(2,3)26-17(25)22(4)11-16(24)20-9-14-6-5-7-15(8-14)10-23-13-19-12-21-23/h5-8,12-13H,9-11H2,1-4H3,(H,20,24). The van der Waals surface area contributed by atoms with Crippen molar-refractivity contribution in [2.45, 2.75) is 39.5 Å². The van der Waals surface area contributed by atoms with Crippen LogP contribution >= 0.6 is 0 Å². The van der Waals surface area contributed by atoms with E-state index in [1.807, 2.05) is 24.3 Å². The summed E-state index contributed by atoms with van der Waals surface area (Å²) in [7, 11) is 1.53. The van der Waals surface area contributed by atoms with E-state index >= 15 is 0 Å². The van der Waals surface area contributed by atoms with E-state index in [-0.39, 0.29) is 12.5 Å².